The van der Waals surface area contributed by atoms with E-state index in [1.165, 1.54) is 0 Å². The van der Waals surface area contributed by atoms with Gasteiger partial charge in [0, 0.05) is 36.3 Å². The minimum Gasteiger partial charge on any atom is -0.399 e. The van der Waals surface area contributed by atoms with E-state index in [2.05, 4.69) is 41.2 Å². The van der Waals surface area contributed by atoms with Crippen molar-refractivity contribution in [3.63, 3.8) is 0 Å². The van der Waals surface area contributed by atoms with Gasteiger partial charge in [-0.2, -0.15) is 15.8 Å². The zero-order chi connectivity index (χ0) is 18.5. The highest BCUT2D eigenvalue weighted by Crippen LogP contribution is 2.58. The molecule has 1 aliphatic carbocycles. The summed E-state index contributed by atoms with van der Waals surface area (Å²) >= 11 is 0. The van der Waals surface area contributed by atoms with Crippen molar-refractivity contribution in [1.82, 2.24) is 9.88 Å². The highest BCUT2D eigenvalue weighted by Gasteiger charge is 2.58. The van der Waals surface area contributed by atoms with Crippen molar-refractivity contribution >= 4 is 0 Å². The molecule has 0 saturated carbocycles. The average Bonchev–Trinajstić information content (AvgIpc) is 2.91. The van der Waals surface area contributed by atoms with E-state index in [0.29, 0.717) is 5.57 Å². The molecule has 2 unspecified atom stereocenters. The molecule has 26 heavy (non-hydrogen) atoms. The first kappa shape index (κ1) is 16.3. The number of pyridine rings is 1. The van der Waals surface area contributed by atoms with E-state index in [-0.39, 0.29) is 23.7 Å². The molecule has 1 saturated heterocycles. The van der Waals surface area contributed by atoms with Crippen LogP contribution in [0.1, 0.15) is 24.3 Å². The Hall–Kier alpha value is -3.14. The summed E-state index contributed by atoms with van der Waals surface area (Å²) in [5.74, 6) is -0.592. The Balaban J connectivity index is 2.05. The molecule has 0 spiro atoms. The van der Waals surface area contributed by atoms with E-state index >= 15 is 0 Å². The Morgan fingerprint density at radius 3 is 2.65 bits per heavy atom. The van der Waals surface area contributed by atoms with Gasteiger partial charge < -0.3 is 5.73 Å². The van der Waals surface area contributed by atoms with Gasteiger partial charge in [0.25, 0.3) is 0 Å². The number of nitriles is 3. The molecule has 6 heteroatoms. The first-order chi connectivity index (χ1) is 12.6. The lowest BCUT2D eigenvalue weighted by Crippen LogP contribution is -2.51. The van der Waals surface area contributed by atoms with Gasteiger partial charge in [0.05, 0.1) is 23.4 Å². The zero-order valence-electron chi connectivity index (χ0n) is 14.4. The van der Waals surface area contributed by atoms with Crippen LogP contribution >= 0.6 is 0 Å². The smallest absolute Gasteiger partial charge is 0.191 e. The summed E-state index contributed by atoms with van der Waals surface area (Å²) in [6, 6.07) is 10.7. The van der Waals surface area contributed by atoms with Crippen LogP contribution in [0.15, 0.2) is 47.4 Å². The van der Waals surface area contributed by atoms with Crippen LogP contribution in [0.3, 0.4) is 0 Å². The minimum atomic E-state index is -1.58. The van der Waals surface area contributed by atoms with E-state index in [9.17, 15) is 15.8 Å². The molecular weight excluding hydrogens is 324 g/mol. The Morgan fingerprint density at radius 2 is 2.04 bits per heavy atom. The molecule has 0 amide bonds. The molecule has 1 aromatic rings. The fourth-order valence-electron chi connectivity index (χ4n) is 5.02. The van der Waals surface area contributed by atoms with Gasteiger partial charge in [0.1, 0.15) is 6.07 Å². The van der Waals surface area contributed by atoms with Crippen LogP contribution in [0, 0.1) is 45.3 Å². The van der Waals surface area contributed by atoms with Crippen LogP contribution in [-0.4, -0.2) is 29.0 Å². The zero-order valence-corrected chi connectivity index (χ0v) is 14.4. The van der Waals surface area contributed by atoms with Crippen LogP contribution < -0.4 is 5.73 Å². The van der Waals surface area contributed by atoms with Gasteiger partial charge in [-0.15, -0.1) is 0 Å². The van der Waals surface area contributed by atoms with Gasteiger partial charge in [-0.05, 0) is 37.1 Å². The van der Waals surface area contributed by atoms with Crippen molar-refractivity contribution in [2.75, 3.05) is 7.05 Å². The van der Waals surface area contributed by atoms with Crippen molar-refractivity contribution < 1.29 is 0 Å². The molecular formula is C20H18N6. The number of nitrogens with two attached hydrogens (primary N) is 1. The predicted octanol–water partition coefficient (Wildman–Crippen LogP) is 1.97. The Morgan fingerprint density at radius 1 is 1.27 bits per heavy atom. The molecule has 6 nitrogen and oxygen atoms in total. The van der Waals surface area contributed by atoms with Crippen molar-refractivity contribution in [1.29, 1.82) is 15.8 Å². The quantitative estimate of drug-likeness (QED) is 0.834. The van der Waals surface area contributed by atoms with Crippen LogP contribution in [0.25, 0.3) is 0 Å². The van der Waals surface area contributed by atoms with Gasteiger partial charge in [0.15, 0.2) is 5.41 Å². The summed E-state index contributed by atoms with van der Waals surface area (Å²) in [6.07, 6.45) is 7.46. The Kier molecular flexibility index (Phi) is 3.58. The summed E-state index contributed by atoms with van der Waals surface area (Å²) in [4.78, 5) is 6.50. The lowest BCUT2D eigenvalue weighted by Gasteiger charge is -2.48. The summed E-state index contributed by atoms with van der Waals surface area (Å²) in [7, 11) is 2.07. The van der Waals surface area contributed by atoms with E-state index in [1.54, 1.807) is 12.4 Å². The maximum atomic E-state index is 10.0. The summed E-state index contributed by atoms with van der Waals surface area (Å²) in [5.41, 5.74) is 6.82. The summed E-state index contributed by atoms with van der Waals surface area (Å²) in [6.45, 7) is 0. The maximum absolute atomic E-state index is 10.0. The number of likely N-dealkylation sites (N-methyl/N-ethyl adjacent to an activating group) is 1. The lowest BCUT2D eigenvalue weighted by molar-refractivity contribution is 0.160. The van der Waals surface area contributed by atoms with Gasteiger partial charge in [0.2, 0.25) is 0 Å². The van der Waals surface area contributed by atoms with Crippen molar-refractivity contribution in [3.05, 3.63) is 53.0 Å². The predicted molar refractivity (Wildman–Crippen MR) is 93.6 cm³/mol. The maximum Gasteiger partial charge on any atom is 0.191 e. The van der Waals surface area contributed by atoms with Crippen molar-refractivity contribution in [2.24, 2.45) is 17.1 Å². The highest BCUT2D eigenvalue weighted by atomic mass is 15.2. The standard InChI is InChI=1S/C20H18N6/c1-26-13-4-5-16(26)17-14(7-13)15(8-21)19(24)20(10-22,11-23)18(17)12-3-2-6-25-9-12/h2-3,6-7,9,13,16-18H,4-5,24H2,1H3/t13?,16?,17-,18-/m0/s1. The molecule has 0 aromatic carbocycles. The Labute approximate surface area is 152 Å². The van der Waals surface area contributed by atoms with Crippen molar-refractivity contribution in [3.8, 4) is 18.2 Å². The third-order valence-electron chi connectivity index (χ3n) is 6.27. The minimum absolute atomic E-state index is 0.0744. The third kappa shape index (κ3) is 1.90. The molecule has 1 aromatic heterocycles. The number of fused-ring (bicyclic) bond motifs is 4. The Bertz CT molecular complexity index is 925. The molecule has 2 N–H and O–H groups in total. The second-order valence-corrected chi connectivity index (χ2v) is 7.22. The average molecular weight is 342 g/mol. The van der Waals surface area contributed by atoms with Crippen LogP contribution in [0.4, 0.5) is 0 Å². The topological polar surface area (TPSA) is 114 Å². The summed E-state index contributed by atoms with van der Waals surface area (Å²) in [5, 5.41) is 29.8. The molecule has 3 heterocycles. The van der Waals surface area contributed by atoms with E-state index in [4.69, 9.17) is 5.73 Å². The van der Waals surface area contributed by atoms with E-state index < -0.39 is 11.3 Å². The second kappa shape index (κ2) is 5.70. The molecule has 3 aliphatic rings. The normalized spacial score (nSPS) is 32.0. The van der Waals surface area contributed by atoms with Crippen molar-refractivity contribution in [2.45, 2.75) is 30.8 Å². The molecule has 4 atom stereocenters. The number of rotatable bonds is 1. The molecule has 2 bridgehead atoms. The first-order valence-electron chi connectivity index (χ1n) is 8.65. The van der Waals surface area contributed by atoms with Gasteiger partial charge in [-0.25, -0.2) is 0 Å². The monoisotopic (exact) mass is 342 g/mol. The summed E-state index contributed by atoms with van der Waals surface area (Å²) < 4.78 is 0. The second-order valence-electron chi connectivity index (χ2n) is 7.22. The highest BCUT2D eigenvalue weighted by molar-refractivity contribution is 5.60. The SMILES string of the molecule is CN1C2C=C3C(C#N)=C(N)C(C#N)(C#N)[C@@H](c4cccnc4)[C@@H]3C1CC2. The van der Waals surface area contributed by atoms with E-state index in [0.717, 1.165) is 24.0 Å². The molecule has 128 valence electrons. The van der Waals surface area contributed by atoms with E-state index in [1.807, 2.05) is 12.1 Å². The molecule has 2 aliphatic heterocycles. The van der Waals surface area contributed by atoms with Crippen LogP contribution in [0.2, 0.25) is 0 Å². The molecule has 4 rings (SSSR count). The first-order valence-corrected chi connectivity index (χ1v) is 8.65. The lowest BCUT2D eigenvalue weighted by atomic mass is 9.56. The fraction of sp³-hybridized carbons (Fsp3) is 0.400. The number of nitrogens with zero attached hydrogens (tertiary/aromatic N) is 5. The molecule has 0 radical (unpaired) electrons. The van der Waals surface area contributed by atoms with Crippen LogP contribution in [0.5, 0.6) is 0 Å². The van der Waals surface area contributed by atoms with Crippen LogP contribution in [-0.2, 0) is 0 Å². The molecule has 1 fully saturated rings. The third-order valence-corrected chi connectivity index (χ3v) is 6.27. The van der Waals surface area contributed by atoms with Gasteiger partial charge in [-0.3, -0.25) is 9.88 Å². The fourth-order valence-corrected chi connectivity index (χ4v) is 5.02. The number of hydrogen-bond donors (Lipinski definition) is 1. The largest absolute Gasteiger partial charge is 0.399 e. The van der Waals surface area contributed by atoms with Gasteiger partial charge >= 0.3 is 0 Å². The number of aromatic nitrogens is 1. The van der Waals surface area contributed by atoms with Gasteiger partial charge in [-0.1, -0.05) is 12.1 Å². The number of hydrogen-bond acceptors (Lipinski definition) is 6. The number of allylic oxidation sites excluding steroid dienone is 2.